The van der Waals surface area contributed by atoms with Crippen LogP contribution in [0.15, 0.2) is 35.5 Å². The molecule has 0 saturated carbocycles. The molecule has 0 amide bonds. The Hall–Kier alpha value is -2.47. The second kappa shape index (κ2) is 5.96. The van der Waals surface area contributed by atoms with Crippen molar-refractivity contribution in [2.75, 3.05) is 11.9 Å². The summed E-state index contributed by atoms with van der Waals surface area (Å²) in [4.78, 5) is 29.6. The molecule has 1 N–H and O–H groups in total. The van der Waals surface area contributed by atoms with Gasteiger partial charge in [-0.3, -0.25) is 9.59 Å². The fourth-order valence-electron chi connectivity index (χ4n) is 2.41. The van der Waals surface area contributed by atoms with E-state index in [0.29, 0.717) is 27.8 Å². The highest BCUT2D eigenvalue weighted by Crippen LogP contribution is 2.31. The molecule has 0 atom stereocenters. The lowest BCUT2D eigenvalue weighted by atomic mass is 9.97. The van der Waals surface area contributed by atoms with Gasteiger partial charge in [0.15, 0.2) is 0 Å². The van der Waals surface area contributed by atoms with Gasteiger partial charge in [0.05, 0.1) is 17.3 Å². The number of anilines is 1. The number of nitrogens with zero attached hydrogens (tertiary/aromatic N) is 1. The maximum atomic E-state index is 12.6. The van der Waals surface area contributed by atoms with Crippen molar-refractivity contribution < 1.29 is 14.3 Å². The van der Waals surface area contributed by atoms with Crippen LogP contribution in [0.3, 0.4) is 0 Å². The number of hydrogen-bond acceptors (Lipinski definition) is 6. The van der Waals surface area contributed by atoms with E-state index in [1.54, 1.807) is 13.8 Å². The summed E-state index contributed by atoms with van der Waals surface area (Å²) < 4.78 is 5.39. The number of fused-ring (bicyclic) bond motifs is 1. The fourth-order valence-corrected chi connectivity index (χ4v) is 3.27. The van der Waals surface area contributed by atoms with Gasteiger partial charge in [0.25, 0.3) is 0 Å². The van der Waals surface area contributed by atoms with Crippen LogP contribution in [0.2, 0.25) is 0 Å². The first kappa shape index (κ1) is 15.4. The maximum Gasteiger partial charge on any atom is 0.221 e. The van der Waals surface area contributed by atoms with E-state index >= 15 is 0 Å². The third-order valence-corrected chi connectivity index (χ3v) is 4.50. The van der Waals surface area contributed by atoms with Crippen LogP contribution in [0, 0.1) is 6.92 Å². The van der Waals surface area contributed by atoms with Crippen molar-refractivity contribution in [3.05, 3.63) is 51.1 Å². The van der Waals surface area contributed by atoms with Gasteiger partial charge in [-0.1, -0.05) is 0 Å². The molecule has 0 saturated heterocycles. The normalized spacial score (nSPS) is 14.0. The number of rotatable bonds is 4. The minimum atomic E-state index is -0.197. The highest BCUT2D eigenvalue weighted by molar-refractivity contribution is 7.14. The van der Waals surface area contributed by atoms with Gasteiger partial charge in [0.2, 0.25) is 11.6 Å². The van der Waals surface area contributed by atoms with E-state index in [9.17, 15) is 9.59 Å². The van der Waals surface area contributed by atoms with Crippen LogP contribution < -0.4 is 10.1 Å². The number of aryl methyl sites for hydroxylation is 1. The molecule has 0 bridgehead atoms. The Kier molecular flexibility index (Phi) is 4.00. The second-order valence-corrected chi connectivity index (χ2v) is 6.35. The van der Waals surface area contributed by atoms with Gasteiger partial charge >= 0.3 is 0 Å². The first-order valence-corrected chi connectivity index (χ1v) is 8.10. The Morgan fingerprint density at radius 2 is 1.83 bits per heavy atom. The number of ether oxygens (including phenoxy) is 1. The molecule has 1 heterocycles. The Bertz CT molecular complexity index is 819. The molecule has 3 rings (SSSR count). The lowest BCUT2D eigenvalue weighted by molar-refractivity contribution is 0.0976. The van der Waals surface area contributed by atoms with E-state index in [2.05, 4.69) is 10.3 Å². The summed E-state index contributed by atoms with van der Waals surface area (Å²) in [6.07, 6.45) is 0. The van der Waals surface area contributed by atoms with Gasteiger partial charge in [0, 0.05) is 11.3 Å². The highest BCUT2D eigenvalue weighted by atomic mass is 32.1. The summed E-state index contributed by atoms with van der Waals surface area (Å²) in [5, 5.41) is 3.78. The smallest absolute Gasteiger partial charge is 0.221 e. The molecular formula is C17H16N2O3S. The average molecular weight is 328 g/mol. The van der Waals surface area contributed by atoms with E-state index in [4.69, 9.17) is 4.74 Å². The van der Waals surface area contributed by atoms with Crippen molar-refractivity contribution in [2.24, 2.45) is 0 Å². The molecule has 0 fully saturated rings. The zero-order valence-corrected chi connectivity index (χ0v) is 13.9. The summed E-state index contributed by atoms with van der Waals surface area (Å²) in [5.41, 5.74) is 1.71. The van der Waals surface area contributed by atoms with E-state index in [-0.39, 0.29) is 17.3 Å². The molecule has 118 valence electrons. The minimum Gasteiger partial charge on any atom is -0.494 e. The van der Waals surface area contributed by atoms with Crippen LogP contribution in [0.4, 0.5) is 5.69 Å². The van der Waals surface area contributed by atoms with Crippen molar-refractivity contribution in [1.82, 2.24) is 4.98 Å². The zero-order valence-electron chi connectivity index (χ0n) is 13.1. The van der Waals surface area contributed by atoms with E-state index in [1.165, 1.54) is 11.3 Å². The number of allylic oxidation sites excluding steroid dienone is 2. The minimum absolute atomic E-state index is 0.184. The van der Waals surface area contributed by atoms with Gasteiger partial charge in [-0.2, -0.15) is 0 Å². The Morgan fingerprint density at radius 3 is 2.48 bits per heavy atom. The number of carbonyl (C=O) groups is 2. The molecule has 2 aromatic rings. The SMILES string of the molecule is CCOc1ccc(NC2=C(C)C(=O)c3nc(C)sc3C2=O)cc1. The van der Waals surface area contributed by atoms with E-state index < -0.39 is 0 Å². The van der Waals surface area contributed by atoms with Crippen molar-refractivity contribution in [2.45, 2.75) is 20.8 Å². The van der Waals surface area contributed by atoms with Gasteiger partial charge < -0.3 is 10.1 Å². The quantitative estimate of drug-likeness (QED) is 0.928. The van der Waals surface area contributed by atoms with E-state index in [1.807, 2.05) is 31.2 Å². The first-order chi connectivity index (χ1) is 11.0. The number of aromatic nitrogens is 1. The van der Waals surface area contributed by atoms with Crippen LogP contribution in [-0.4, -0.2) is 23.2 Å². The number of thiazole rings is 1. The molecule has 0 spiro atoms. The zero-order chi connectivity index (χ0) is 16.6. The molecule has 1 aliphatic carbocycles. The number of Topliss-reactive ketones (excluding diaryl/α,β-unsaturated/α-hetero) is 2. The third-order valence-electron chi connectivity index (χ3n) is 3.53. The maximum absolute atomic E-state index is 12.6. The summed E-state index contributed by atoms with van der Waals surface area (Å²) in [6.45, 7) is 5.95. The topological polar surface area (TPSA) is 68.3 Å². The predicted octanol–water partition coefficient (Wildman–Crippen LogP) is 3.62. The Balaban J connectivity index is 1.91. The molecule has 23 heavy (non-hydrogen) atoms. The summed E-state index contributed by atoms with van der Waals surface area (Å²) >= 11 is 1.25. The molecule has 1 aromatic carbocycles. The molecular weight excluding hydrogens is 312 g/mol. The van der Waals surface area contributed by atoms with Crippen LogP contribution in [0.25, 0.3) is 0 Å². The Morgan fingerprint density at radius 1 is 1.13 bits per heavy atom. The summed E-state index contributed by atoms with van der Waals surface area (Å²) in [7, 11) is 0. The van der Waals surface area contributed by atoms with Crippen molar-refractivity contribution in [1.29, 1.82) is 0 Å². The number of nitrogens with one attached hydrogen (secondary N) is 1. The number of hydrogen-bond donors (Lipinski definition) is 1. The lowest BCUT2D eigenvalue weighted by Crippen LogP contribution is -2.24. The van der Waals surface area contributed by atoms with Gasteiger partial charge in [-0.05, 0) is 45.0 Å². The van der Waals surface area contributed by atoms with Crippen molar-refractivity contribution in [3.8, 4) is 5.75 Å². The standard InChI is InChI=1S/C17H16N2O3S/c1-4-22-12-7-5-11(6-8-12)19-13-9(2)15(20)14-17(16(13)21)23-10(3)18-14/h5-8,19H,4H2,1-3H3. The van der Waals surface area contributed by atoms with Crippen LogP contribution >= 0.6 is 11.3 Å². The molecule has 5 nitrogen and oxygen atoms in total. The van der Waals surface area contributed by atoms with Crippen molar-refractivity contribution in [3.63, 3.8) is 0 Å². The molecule has 0 radical (unpaired) electrons. The average Bonchev–Trinajstić information content (AvgIpc) is 2.93. The van der Waals surface area contributed by atoms with Gasteiger partial charge in [-0.15, -0.1) is 11.3 Å². The molecule has 6 heteroatoms. The third kappa shape index (κ3) is 2.77. The second-order valence-electron chi connectivity index (χ2n) is 5.15. The largest absolute Gasteiger partial charge is 0.494 e. The molecule has 1 aromatic heterocycles. The molecule has 1 aliphatic rings. The lowest BCUT2D eigenvalue weighted by Gasteiger charge is -2.17. The number of carbonyl (C=O) groups excluding carboxylic acids is 2. The highest BCUT2D eigenvalue weighted by Gasteiger charge is 2.33. The van der Waals surface area contributed by atoms with Crippen molar-refractivity contribution >= 4 is 28.6 Å². The molecule has 0 aliphatic heterocycles. The molecule has 0 unspecified atom stereocenters. The predicted molar refractivity (Wildman–Crippen MR) is 89.4 cm³/mol. The van der Waals surface area contributed by atoms with Gasteiger partial charge in [0.1, 0.15) is 16.3 Å². The van der Waals surface area contributed by atoms with Gasteiger partial charge in [-0.25, -0.2) is 4.98 Å². The summed E-state index contributed by atoms with van der Waals surface area (Å²) in [5.74, 6) is 0.379. The van der Waals surface area contributed by atoms with E-state index in [0.717, 1.165) is 11.4 Å². The number of ketones is 2. The van der Waals surface area contributed by atoms with Crippen LogP contribution in [0.1, 0.15) is 39.0 Å². The van der Waals surface area contributed by atoms with Crippen LogP contribution in [0.5, 0.6) is 5.75 Å². The number of benzene rings is 1. The van der Waals surface area contributed by atoms with Crippen LogP contribution in [-0.2, 0) is 0 Å². The summed E-state index contributed by atoms with van der Waals surface area (Å²) in [6, 6.07) is 7.27. The first-order valence-electron chi connectivity index (χ1n) is 7.28. The monoisotopic (exact) mass is 328 g/mol. The Labute approximate surface area is 138 Å². The fraction of sp³-hybridized carbons (Fsp3) is 0.235.